The zero-order valence-electron chi connectivity index (χ0n) is 13.0. The number of nitrogens with two attached hydrogens (primary N) is 1. The second kappa shape index (κ2) is 6.51. The topological polar surface area (TPSA) is 68.8 Å². The van der Waals surface area contributed by atoms with Crippen LogP contribution in [-0.2, 0) is 6.42 Å². The number of nitrogens with one attached hydrogen (secondary N) is 1. The lowest BCUT2D eigenvalue weighted by atomic mass is 10.0. The average molecular weight is 335 g/mol. The number of hydrogen-bond acceptors (Lipinski definition) is 5. The lowest BCUT2D eigenvalue weighted by Gasteiger charge is -2.19. The van der Waals surface area contributed by atoms with E-state index in [1.807, 2.05) is 10.7 Å². The van der Waals surface area contributed by atoms with Gasteiger partial charge in [-0.1, -0.05) is 66.4 Å². The van der Waals surface area contributed by atoms with E-state index in [2.05, 4.69) is 69.6 Å². The Morgan fingerprint density at radius 3 is 2.38 bits per heavy atom. The first kappa shape index (κ1) is 15.0. The molecule has 3 N–H and O–H groups in total. The maximum atomic E-state index is 5.64. The molecule has 2 heterocycles. The van der Waals surface area contributed by atoms with E-state index in [9.17, 15) is 0 Å². The number of fused-ring (bicyclic) bond motifs is 1. The van der Waals surface area contributed by atoms with Gasteiger partial charge in [0.1, 0.15) is 0 Å². The molecule has 0 amide bonds. The molecule has 0 aliphatic carbocycles. The Labute approximate surface area is 144 Å². The molecule has 6 heteroatoms. The first-order chi connectivity index (χ1) is 11.8. The Morgan fingerprint density at radius 2 is 1.62 bits per heavy atom. The standard InChI is InChI=1S/C18H17N5S/c19-11-10-17-20-21-18-23(17)22-16(12-24-18)15-8-6-14(7-9-15)13-4-2-1-3-5-13/h1-9,12,22H,10-11,19H2. The lowest BCUT2D eigenvalue weighted by Crippen LogP contribution is -2.21. The molecule has 0 unspecified atom stereocenters. The van der Waals surface area contributed by atoms with Crippen molar-refractivity contribution in [2.24, 2.45) is 5.73 Å². The third kappa shape index (κ3) is 2.81. The zero-order chi connectivity index (χ0) is 16.4. The van der Waals surface area contributed by atoms with Crippen molar-refractivity contribution in [3.8, 4) is 11.1 Å². The number of rotatable bonds is 4. The largest absolute Gasteiger partial charge is 0.330 e. The van der Waals surface area contributed by atoms with Crippen LogP contribution in [0.15, 0.2) is 65.2 Å². The van der Waals surface area contributed by atoms with Crippen molar-refractivity contribution >= 4 is 17.5 Å². The summed E-state index contributed by atoms with van der Waals surface area (Å²) in [5, 5.41) is 11.3. The molecule has 4 rings (SSSR count). The summed E-state index contributed by atoms with van der Waals surface area (Å²) in [4.78, 5) is 0. The number of benzene rings is 2. The second-order valence-corrected chi connectivity index (χ2v) is 6.31. The van der Waals surface area contributed by atoms with Crippen LogP contribution in [-0.4, -0.2) is 21.4 Å². The molecule has 0 saturated carbocycles. The highest BCUT2D eigenvalue weighted by atomic mass is 32.2. The molecule has 0 fully saturated rings. The molecule has 1 aromatic heterocycles. The summed E-state index contributed by atoms with van der Waals surface area (Å²) in [5.41, 5.74) is 13.6. The van der Waals surface area contributed by atoms with Crippen molar-refractivity contribution in [2.75, 3.05) is 12.0 Å². The predicted molar refractivity (Wildman–Crippen MR) is 97.9 cm³/mol. The SMILES string of the molecule is NCCc1nnc2n1NC(c1ccc(-c3ccccc3)cc1)=CS2. The minimum Gasteiger partial charge on any atom is -0.330 e. The van der Waals surface area contributed by atoms with Crippen LogP contribution in [0.1, 0.15) is 11.4 Å². The van der Waals surface area contributed by atoms with Crippen LogP contribution < -0.4 is 11.2 Å². The first-order valence-electron chi connectivity index (χ1n) is 7.79. The van der Waals surface area contributed by atoms with Gasteiger partial charge in [0, 0.05) is 11.8 Å². The fourth-order valence-electron chi connectivity index (χ4n) is 2.64. The maximum absolute atomic E-state index is 5.64. The summed E-state index contributed by atoms with van der Waals surface area (Å²) in [5.74, 6) is 0.853. The van der Waals surface area contributed by atoms with Crippen LogP contribution in [0, 0.1) is 0 Å². The molecule has 0 spiro atoms. The van der Waals surface area contributed by atoms with Gasteiger partial charge in [-0.3, -0.25) is 5.43 Å². The van der Waals surface area contributed by atoms with Crippen molar-refractivity contribution in [3.63, 3.8) is 0 Å². The van der Waals surface area contributed by atoms with Crippen molar-refractivity contribution < 1.29 is 0 Å². The van der Waals surface area contributed by atoms with Crippen molar-refractivity contribution in [3.05, 3.63) is 71.4 Å². The molecule has 2 aromatic carbocycles. The van der Waals surface area contributed by atoms with Gasteiger partial charge in [-0.2, -0.15) is 0 Å². The van der Waals surface area contributed by atoms with E-state index in [1.54, 1.807) is 11.8 Å². The van der Waals surface area contributed by atoms with E-state index >= 15 is 0 Å². The van der Waals surface area contributed by atoms with Crippen molar-refractivity contribution in [1.29, 1.82) is 0 Å². The maximum Gasteiger partial charge on any atom is 0.214 e. The number of aromatic nitrogens is 3. The Hall–Kier alpha value is -2.57. The van der Waals surface area contributed by atoms with Crippen LogP contribution in [0.25, 0.3) is 16.8 Å². The smallest absolute Gasteiger partial charge is 0.214 e. The van der Waals surface area contributed by atoms with E-state index in [4.69, 9.17) is 5.73 Å². The molecular formula is C18H17N5S. The van der Waals surface area contributed by atoms with Gasteiger partial charge in [-0.05, 0) is 23.2 Å². The Kier molecular flexibility index (Phi) is 4.06. The molecule has 0 bridgehead atoms. The lowest BCUT2D eigenvalue weighted by molar-refractivity contribution is 0.755. The van der Waals surface area contributed by atoms with E-state index < -0.39 is 0 Å². The monoisotopic (exact) mass is 335 g/mol. The number of nitrogens with zero attached hydrogens (tertiary/aromatic N) is 3. The third-order valence-electron chi connectivity index (χ3n) is 3.89. The summed E-state index contributed by atoms with van der Waals surface area (Å²) in [6.07, 6.45) is 0.695. The van der Waals surface area contributed by atoms with Gasteiger partial charge in [0.25, 0.3) is 0 Å². The van der Waals surface area contributed by atoms with Gasteiger partial charge in [-0.25, -0.2) is 4.68 Å². The van der Waals surface area contributed by atoms with Gasteiger partial charge < -0.3 is 5.73 Å². The summed E-state index contributed by atoms with van der Waals surface area (Å²) >= 11 is 1.56. The van der Waals surface area contributed by atoms with Crippen LogP contribution >= 0.6 is 11.8 Å². The van der Waals surface area contributed by atoms with Gasteiger partial charge in [0.2, 0.25) is 5.16 Å². The van der Waals surface area contributed by atoms with E-state index in [-0.39, 0.29) is 0 Å². The molecule has 0 saturated heterocycles. The normalized spacial score (nSPS) is 13.1. The van der Waals surface area contributed by atoms with E-state index in [1.165, 1.54) is 11.1 Å². The van der Waals surface area contributed by atoms with Crippen molar-refractivity contribution in [2.45, 2.75) is 11.6 Å². The molecule has 120 valence electrons. The molecule has 0 radical (unpaired) electrons. The number of hydrogen-bond donors (Lipinski definition) is 2. The second-order valence-electron chi connectivity index (χ2n) is 5.48. The van der Waals surface area contributed by atoms with Gasteiger partial charge >= 0.3 is 0 Å². The minimum absolute atomic E-state index is 0.551. The fraction of sp³-hybridized carbons (Fsp3) is 0.111. The van der Waals surface area contributed by atoms with Crippen molar-refractivity contribution in [1.82, 2.24) is 14.9 Å². The summed E-state index contributed by atoms with van der Waals surface area (Å²) < 4.78 is 1.91. The van der Waals surface area contributed by atoms with E-state index in [0.29, 0.717) is 13.0 Å². The minimum atomic E-state index is 0.551. The average Bonchev–Trinajstić information content (AvgIpc) is 3.05. The predicted octanol–water partition coefficient (Wildman–Crippen LogP) is 3.09. The van der Waals surface area contributed by atoms with Gasteiger partial charge in [0.15, 0.2) is 5.82 Å². The van der Waals surface area contributed by atoms with Gasteiger partial charge in [-0.15, -0.1) is 10.2 Å². The summed E-state index contributed by atoms with van der Waals surface area (Å²) in [6.45, 7) is 0.551. The highest BCUT2D eigenvalue weighted by Crippen LogP contribution is 2.29. The molecule has 5 nitrogen and oxygen atoms in total. The Balaban J connectivity index is 1.58. The van der Waals surface area contributed by atoms with Crippen LogP contribution in [0.4, 0.5) is 0 Å². The Bertz CT molecular complexity index is 868. The first-order valence-corrected chi connectivity index (χ1v) is 8.67. The summed E-state index contributed by atoms with van der Waals surface area (Å²) in [7, 11) is 0. The Morgan fingerprint density at radius 1 is 0.917 bits per heavy atom. The molecule has 3 aromatic rings. The highest BCUT2D eigenvalue weighted by Gasteiger charge is 2.17. The molecule has 0 atom stereocenters. The van der Waals surface area contributed by atoms with Crippen LogP contribution in [0.5, 0.6) is 0 Å². The quantitative estimate of drug-likeness (QED) is 0.767. The fourth-order valence-corrected chi connectivity index (χ4v) is 3.40. The molecule has 1 aliphatic heterocycles. The third-order valence-corrected chi connectivity index (χ3v) is 4.71. The summed E-state index contributed by atoms with van der Waals surface area (Å²) in [6, 6.07) is 18.9. The van der Waals surface area contributed by atoms with Crippen LogP contribution in [0.3, 0.4) is 0 Å². The van der Waals surface area contributed by atoms with Crippen LogP contribution in [0.2, 0.25) is 0 Å². The van der Waals surface area contributed by atoms with Gasteiger partial charge in [0.05, 0.1) is 5.70 Å². The zero-order valence-corrected chi connectivity index (χ0v) is 13.8. The number of thioether (sulfide) groups is 1. The molecule has 1 aliphatic rings. The molecular weight excluding hydrogens is 318 g/mol. The highest BCUT2D eigenvalue weighted by molar-refractivity contribution is 8.02. The molecule has 24 heavy (non-hydrogen) atoms. The van der Waals surface area contributed by atoms with E-state index in [0.717, 1.165) is 22.2 Å².